The number of carbonyl (C=O) groups excluding carboxylic acids is 1. The second-order valence-electron chi connectivity index (χ2n) is 5.70. The number of aromatic nitrogens is 1. The van der Waals surface area contributed by atoms with Gasteiger partial charge in [-0.2, -0.15) is 0 Å². The Labute approximate surface area is 158 Å². The van der Waals surface area contributed by atoms with Gasteiger partial charge in [-0.05, 0) is 18.6 Å². The van der Waals surface area contributed by atoms with Crippen molar-refractivity contribution in [1.82, 2.24) is 4.98 Å². The standard InChI is InChI=1S/C19H24ClN3O3/c1-4-5-6-8-21-13-7-9-22-16(10-13)19(24)23-15-12-17(25-2)14(20)11-18(15)26-3/h7,9-12H,4-6,8H2,1-3H3,(H,21,22)(H,23,24). The molecule has 0 aliphatic rings. The van der Waals surface area contributed by atoms with E-state index in [2.05, 4.69) is 22.5 Å². The Morgan fingerprint density at radius 3 is 2.62 bits per heavy atom. The molecule has 0 atom stereocenters. The number of unbranched alkanes of at least 4 members (excludes halogenated alkanes) is 2. The van der Waals surface area contributed by atoms with Gasteiger partial charge in [0.15, 0.2) is 0 Å². The fourth-order valence-corrected chi connectivity index (χ4v) is 2.65. The smallest absolute Gasteiger partial charge is 0.274 e. The number of amides is 1. The third-order valence-electron chi connectivity index (χ3n) is 3.82. The largest absolute Gasteiger partial charge is 0.495 e. The number of carbonyl (C=O) groups is 1. The summed E-state index contributed by atoms with van der Waals surface area (Å²) < 4.78 is 10.5. The first-order valence-electron chi connectivity index (χ1n) is 8.51. The molecule has 0 unspecified atom stereocenters. The Balaban J connectivity index is 2.12. The Morgan fingerprint density at radius 2 is 1.92 bits per heavy atom. The van der Waals surface area contributed by atoms with Gasteiger partial charge in [0, 0.05) is 30.6 Å². The van der Waals surface area contributed by atoms with Crippen molar-refractivity contribution in [2.75, 3.05) is 31.4 Å². The second kappa shape index (κ2) is 9.87. The van der Waals surface area contributed by atoms with E-state index in [4.69, 9.17) is 21.1 Å². The molecule has 7 heteroatoms. The van der Waals surface area contributed by atoms with E-state index >= 15 is 0 Å². The zero-order valence-electron chi connectivity index (χ0n) is 15.3. The van der Waals surface area contributed by atoms with Gasteiger partial charge in [-0.15, -0.1) is 0 Å². The number of rotatable bonds is 9. The Bertz CT molecular complexity index is 753. The van der Waals surface area contributed by atoms with Crippen LogP contribution in [-0.4, -0.2) is 31.7 Å². The molecule has 1 amide bonds. The third kappa shape index (κ3) is 5.26. The first-order chi connectivity index (χ1) is 12.6. The maximum absolute atomic E-state index is 12.6. The quantitative estimate of drug-likeness (QED) is 0.624. The Hall–Kier alpha value is -2.47. The summed E-state index contributed by atoms with van der Waals surface area (Å²) in [5, 5.41) is 6.50. The molecule has 0 aliphatic heterocycles. The molecule has 0 spiro atoms. The van der Waals surface area contributed by atoms with Crippen LogP contribution in [0.4, 0.5) is 11.4 Å². The number of anilines is 2. The predicted molar refractivity (Wildman–Crippen MR) is 105 cm³/mol. The summed E-state index contributed by atoms with van der Waals surface area (Å²) in [4.78, 5) is 16.7. The van der Waals surface area contributed by atoms with E-state index in [0.29, 0.717) is 27.9 Å². The number of benzene rings is 1. The number of hydrogen-bond donors (Lipinski definition) is 2. The molecule has 0 saturated carbocycles. The van der Waals surface area contributed by atoms with Gasteiger partial charge in [0.2, 0.25) is 0 Å². The molecule has 1 heterocycles. The summed E-state index contributed by atoms with van der Waals surface area (Å²) in [7, 11) is 3.02. The van der Waals surface area contributed by atoms with Crippen molar-refractivity contribution in [1.29, 1.82) is 0 Å². The van der Waals surface area contributed by atoms with Crippen LogP contribution in [-0.2, 0) is 0 Å². The summed E-state index contributed by atoms with van der Waals surface area (Å²) in [5.74, 6) is 0.546. The number of hydrogen-bond acceptors (Lipinski definition) is 5. The first kappa shape index (κ1) is 19.8. The van der Waals surface area contributed by atoms with Gasteiger partial charge in [0.1, 0.15) is 17.2 Å². The van der Waals surface area contributed by atoms with Crippen molar-refractivity contribution < 1.29 is 14.3 Å². The zero-order chi connectivity index (χ0) is 18.9. The highest BCUT2D eigenvalue weighted by Gasteiger charge is 2.15. The minimum atomic E-state index is -0.343. The van der Waals surface area contributed by atoms with Gasteiger partial charge in [0.05, 0.1) is 24.9 Å². The van der Waals surface area contributed by atoms with Crippen LogP contribution in [0.5, 0.6) is 11.5 Å². The third-order valence-corrected chi connectivity index (χ3v) is 4.12. The van der Waals surface area contributed by atoms with Crippen LogP contribution in [0.1, 0.15) is 36.7 Å². The molecule has 0 bridgehead atoms. The van der Waals surface area contributed by atoms with Crippen molar-refractivity contribution >= 4 is 28.9 Å². The highest BCUT2D eigenvalue weighted by molar-refractivity contribution is 6.32. The summed E-state index contributed by atoms with van der Waals surface area (Å²) in [6.45, 7) is 3.02. The maximum atomic E-state index is 12.6. The monoisotopic (exact) mass is 377 g/mol. The van der Waals surface area contributed by atoms with Crippen molar-refractivity contribution in [2.24, 2.45) is 0 Å². The molecule has 1 aromatic carbocycles. The van der Waals surface area contributed by atoms with E-state index in [1.54, 1.807) is 24.4 Å². The van der Waals surface area contributed by atoms with E-state index in [9.17, 15) is 4.79 Å². The lowest BCUT2D eigenvalue weighted by atomic mass is 10.2. The SMILES string of the molecule is CCCCCNc1ccnc(C(=O)Nc2cc(OC)c(Cl)cc2OC)c1. The average Bonchev–Trinajstić information content (AvgIpc) is 2.66. The molecule has 0 radical (unpaired) electrons. The minimum absolute atomic E-state index is 0.307. The lowest BCUT2D eigenvalue weighted by Crippen LogP contribution is -2.15. The number of methoxy groups -OCH3 is 2. The Kier molecular flexibility index (Phi) is 7.53. The van der Waals surface area contributed by atoms with Crippen LogP contribution >= 0.6 is 11.6 Å². The first-order valence-corrected chi connectivity index (χ1v) is 8.89. The van der Waals surface area contributed by atoms with E-state index in [1.165, 1.54) is 20.6 Å². The van der Waals surface area contributed by atoms with Crippen molar-refractivity contribution in [3.63, 3.8) is 0 Å². The van der Waals surface area contributed by atoms with Crippen LogP contribution in [0.15, 0.2) is 30.5 Å². The van der Waals surface area contributed by atoms with Crippen molar-refractivity contribution in [3.8, 4) is 11.5 Å². The average molecular weight is 378 g/mol. The van der Waals surface area contributed by atoms with Gasteiger partial charge >= 0.3 is 0 Å². The number of nitrogens with one attached hydrogen (secondary N) is 2. The van der Waals surface area contributed by atoms with E-state index < -0.39 is 0 Å². The number of halogens is 1. The van der Waals surface area contributed by atoms with Crippen LogP contribution in [0, 0.1) is 0 Å². The molecular weight excluding hydrogens is 354 g/mol. The van der Waals surface area contributed by atoms with Gasteiger partial charge in [-0.25, -0.2) is 0 Å². The number of nitrogens with zero attached hydrogens (tertiary/aromatic N) is 1. The summed E-state index contributed by atoms with van der Waals surface area (Å²) in [5.41, 5.74) is 1.63. The van der Waals surface area contributed by atoms with E-state index in [0.717, 1.165) is 25.1 Å². The molecule has 0 aliphatic carbocycles. The lowest BCUT2D eigenvalue weighted by Gasteiger charge is -2.13. The van der Waals surface area contributed by atoms with Crippen molar-refractivity contribution in [3.05, 3.63) is 41.2 Å². The van der Waals surface area contributed by atoms with Crippen molar-refractivity contribution in [2.45, 2.75) is 26.2 Å². The molecule has 2 N–H and O–H groups in total. The number of pyridine rings is 1. The van der Waals surface area contributed by atoms with Crippen LogP contribution in [0.3, 0.4) is 0 Å². The second-order valence-corrected chi connectivity index (χ2v) is 6.11. The highest BCUT2D eigenvalue weighted by atomic mass is 35.5. The molecule has 140 valence electrons. The topological polar surface area (TPSA) is 72.5 Å². The van der Waals surface area contributed by atoms with Crippen LogP contribution in [0.25, 0.3) is 0 Å². The normalized spacial score (nSPS) is 10.3. The summed E-state index contributed by atoms with van der Waals surface area (Å²) >= 11 is 6.09. The fourth-order valence-electron chi connectivity index (χ4n) is 2.42. The fraction of sp³-hybridized carbons (Fsp3) is 0.368. The van der Waals surface area contributed by atoms with Gasteiger partial charge in [-0.1, -0.05) is 31.4 Å². The molecule has 0 fully saturated rings. The summed E-state index contributed by atoms with van der Waals surface area (Å²) in [6.07, 6.45) is 5.03. The van der Waals surface area contributed by atoms with E-state index in [-0.39, 0.29) is 5.91 Å². The van der Waals surface area contributed by atoms with Gasteiger partial charge < -0.3 is 20.1 Å². The predicted octanol–water partition coefficient (Wildman–Crippen LogP) is 4.61. The zero-order valence-corrected chi connectivity index (χ0v) is 16.0. The minimum Gasteiger partial charge on any atom is -0.495 e. The molecule has 26 heavy (non-hydrogen) atoms. The van der Waals surface area contributed by atoms with Gasteiger partial charge in [-0.3, -0.25) is 9.78 Å². The lowest BCUT2D eigenvalue weighted by molar-refractivity contribution is 0.102. The maximum Gasteiger partial charge on any atom is 0.274 e. The van der Waals surface area contributed by atoms with E-state index in [1.807, 2.05) is 6.07 Å². The Morgan fingerprint density at radius 1 is 1.15 bits per heavy atom. The molecule has 2 aromatic rings. The summed E-state index contributed by atoms with van der Waals surface area (Å²) in [6, 6.07) is 6.77. The molecule has 1 aromatic heterocycles. The molecule has 2 rings (SSSR count). The molecule has 0 saturated heterocycles. The van der Waals surface area contributed by atoms with Gasteiger partial charge in [0.25, 0.3) is 5.91 Å². The molecular formula is C19H24ClN3O3. The van der Waals surface area contributed by atoms with Crippen LogP contribution < -0.4 is 20.1 Å². The number of ether oxygens (including phenoxy) is 2. The highest BCUT2D eigenvalue weighted by Crippen LogP contribution is 2.36. The molecule has 6 nitrogen and oxygen atoms in total. The van der Waals surface area contributed by atoms with Crippen LogP contribution in [0.2, 0.25) is 5.02 Å².